The zero-order chi connectivity index (χ0) is 10.3. The molecule has 0 amide bonds. The number of ether oxygens (including phenoxy) is 1. The first-order valence-corrected chi connectivity index (χ1v) is 4.56. The third kappa shape index (κ3) is 6.81. The number of aliphatic carboxylic acids is 1. The molecule has 1 atom stereocenters. The molecule has 0 aromatic heterocycles. The van der Waals surface area contributed by atoms with Crippen molar-refractivity contribution in [2.45, 2.75) is 11.8 Å². The van der Waals surface area contributed by atoms with Crippen molar-refractivity contribution in [1.29, 1.82) is 0 Å². The van der Waals surface area contributed by atoms with Crippen LogP contribution in [0.2, 0.25) is 0 Å². The van der Waals surface area contributed by atoms with Crippen LogP contribution in [-0.4, -0.2) is 55.2 Å². The molecule has 78 valence electrons. The van der Waals surface area contributed by atoms with Crippen LogP contribution in [0.3, 0.4) is 0 Å². The Balaban J connectivity index is 3.49. The lowest BCUT2D eigenvalue weighted by Gasteiger charge is -2.17. The molecule has 0 fully saturated rings. The number of methoxy groups -OCH3 is 1. The van der Waals surface area contributed by atoms with E-state index in [1.165, 1.54) is 0 Å². The first-order chi connectivity index (χ1) is 6.07. The van der Waals surface area contributed by atoms with Crippen molar-refractivity contribution in [2.75, 3.05) is 33.9 Å². The molecule has 0 bridgehead atoms. The molecule has 0 aliphatic heterocycles. The molecule has 0 aliphatic rings. The lowest BCUT2D eigenvalue weighted by molar-refractivity contribution is -0.136. The summed E-state index contributed by atoms with van der Waals surface area (Å²) < 4.78 is 4.87. The van der Waals surface area contributed by atoms with Crippen LogP contribution in [0.25, 0.3) is 0 Å². The number of halogens is 1. The van der Waals surface area contributed by atoms with Crippen molar-refractivity contribution in [1.82, 2.24) is 4.90 Å². The van der Waals surface area contributed by atoms with E-state index in [1.54, 1.807) is 7.11 Å². The van der Waals surface area contributed by atoms with Gasteiger partial charge in [-0.15, -0.1) is 11.6 Å². The van der Waals surface area contributed by atoms with Crippen LogP contribution in [0.15, 0.2) is 0 Å². The predicted octanol–water partition coefficient (Wildman–Crippen LogP) is 0.647. The maximum Gasteiger partial charge on any atom is 0.322 e. The Kier molecular flexibility index (Phi) is 6.94. The van der Waals surface area contributed by atoms with Crippen LogP contribution in [0.4, 0.5) is 0 Å². The van der Waals surface area contributed by atoms with Gasteiger partial charge < -0.3 is 14.7 Å². The maximum absolute atomic E-state index is 10.4. The van der Waals surface area contributed by atoms with Crippen molar-refractivity contribution in [3.05, 3.63) is 0 Å². The zero-order valence-corrected chi connectivity index (χ0v) is 8.75. The van der Waals surface area contributed by atoms with E-state index in [1.807, 2.05) is 11.9 Å². The van der Waals surface area contributed by atoms with Gasteiger partial charge in [-0.3, -0.25) is 4.79 Å². The van der Waals surface area contributed by atoms with E-state index < -0.39 is 11.3 Å². The fourth-order valence-corrected chi connectivity index (χ4v) is 1.16. The van der Waals surface area contributed by atoms with Crippen LogP contribution < -0.4 is 0 Å². The smallest absolute Gasteiger partial charge is 0.322 e. The molecule has 4 nitrogen and oxygen atoms in total. The second-order valence-corrected chi connectivity index (χ2v) is 3.44. The molecule has 0 spiro atoms. The minimum atomic E-state index is -0.972. The second kappa shape index (κ2) is 7.12. The van der Waals surface area contributed by atoms with Gasteiger partial charge in [0.25, 0.3) is 0 Å². The molecule has 0 radical (unpaired) electrons. The van der Waals surface area contributed by atoms with Gasteiger partial charge in [0, 0.05) is 26.8 Å². The number of alkyl halides is 1. The highest BCUT2D eigenvalue weighted by atomic mass is 35.5. The Bertz CT molecular complexity index is 154. The summed E-state index contributed by atoms with van der Waals surface area (Å²) in [6.07, 6.45) is 0.885. The Morgan fingerprint density at radius 1 is 1.69 bits per heavy atom. The zero-order valence-electron chi connectivity index (χ0n) is 7.99. The number of hydrogen-bond acceptors (Lipinski definition) is 3. The van der Waals surface area contributed by atoms with E-state index in [2.05, 4.69) is 0 Å². The lowest BCUT2D eigenvalue weighted by atomic mass is 10.3. The molecule has 13 heavy (non-hydrogen) atoms. The maximum atomic E-state index is 10.4. The van der Waals surface area contributed by atoms with E-state index in [0.717, 1.165) is 13.0 Å². The second-order valence-electron chi connectivity index (χ2n) is 2.91. The summed E-state index contributed by atoms with van der Waals surface area (Å²) >= 11 is 5.55. The normalized spacial score (nSPS) is 13.2. The third-order valence-corrected chi connectivity index (χ3v) is 1.95. The van der Waals surface area contributed by atoms with Crippen LogP contribution >= 0.6 is 11.6 Å². The molecule has 0 heterocycles. The number of nitrogens with zero attached hydrogens (tertiary/aromatic N) is 1. The van der Waals surface area contributed by atoms with Crippen molar-refractivity contribution < 1.29 is 14.6 Å². The first-order valence-electron chi connectivity index (χ1n) is 4.12. The van der Waals surface area contributed by atoms with Crippen molar-refractivity contribution in [3.63, 3.8) is 0 Å². The van der Waals surface area contributed by atoms with Gasteiger partial charge >= 0.3 is 5.97 Å². The van der Waals surface area contributed by atoms with E-state index in [-0.39, 0.29) is 0 Å². The van der Waals surface area contributed by atoms with Gasteiger partial charge in [-0.1, -0.05) is 0 Å². The Morgan fingerprint density at radius 3 is 2.77 bits per heavy atom. The van der Waals surface area contributed by atoms with Crippen LogP contribution in [0.1, 0.15) is 6.42 Å². The van der Waals surface area contributed by atoms with Crippen LogP contribution in [0, 0.1) is 0 Å². The summed E-state index contributed by atoms with van der Waals surface area (Å²) in [4.78, 5) is 12.3. The average molecular weight is 210 g/mol. The third-order valence-electron chi connectivity index (χ3n) is 1.63. The van der Waals surface area contributed by atoms with Gasteiger partial charge in [-0.2, -0.15) is 0 Å². The summed E-state index contributed by atoms with van der Waals surface area (Å²) in [6.45, 7) is 1.84. The van der Waals surface area contributed by atoms with E-state index in [0.29, 0.717) is 13.2 Å². The highest BCUT2D eigenvalue weighted by molar-refractivity contribution is 6.29. The largest absolute Gasteiger partial charge is 0.480 e. The molecule has 0 aromatic carbocycles. The first kappa shape index (κ1) is 12.7. The topological polar surface area (TPSA) is 49.8 Å². The SMILES string of the molecule is COCCCN(C)CC(Cl)C(=O)O. The van der Waals surface area contributed by atoms with Gasteiger partial charge in [0.1, 0.15) is 5.38 Å². The number of rotatable bonds is 7. The quantitative estimate of drug-likeness (QED) is 0.494. The predicted molar refractivity (Wildman–Crippen MR) is 51.3 cm³/mol. The van der Waals surface area contributed by atoms with Crippen molar-refractivity contribution >= 4 is 17.6 Å². The number of carboxylic acids is 1. The Hall–Kier alpha value is -0.320. The molecule has 1 N–H and O–H groups in total. The fraction of sp³-hybridized carbons (Fsp3) is 0.875. The summed E-state index contributed by atoms with van der Waals surface area (Å²) in [6, 6.07) is 0. The number of hydrogen-bond donors (Lipinski definition) is 1. The number of carbonyl (C=O) groups is 1. The standard InChI is InChI=1S/C8H16ClNO3/c1-10(4-3-5-13-2)6-7(9)8(11)12/h7H,3-6H2,1-2H3,(H,11,12). The molecule has 0 saturated heterocycles. The molecule has 0 rings (SSSR count). The molecular formula is C8H16ClNO3. The lowest BCUT2D eigenvalue weighted by Crippen LogP contribution is -2.32. The van der Waals surface area contributed by atoms with Crippen LogP contribution in [-0.2, 0) is 9.53 Å². The van der Waals surface area contributed by atoms with E-state index in [9.17, 15) is 4.79 Å². The highest BCUT2D eigenvalue weighted by Gasteiger charge is 2.15. The molecule has 0 aromatic rings. The van der Waals surface area contributed by atoms with E-state index in [4.69, 9.17) is 21.4 Å². The van der Waals surface area contributed by atoms with Gasteiger partial charge in [0.2, 0.25) is 0 Å². The number of carboxylic acid groups (broad SMARTS) is 1. The molecule has 0 aliphatic carbocycles. The fourth-order valence-electron chi connectivity index (χ4n) is 0.922. The minimum Gasteiger partial charge on any atom is -0.480 e. The average Bonchev–Trinajstić information content (AvgIpc) is 2.04. The summed E-state index contributed by atoms with van der Waals surface area (Å²) in [7, 11) is 3.48. The summed E-state index contributed by atoms with van der Waals surface area (Å²) in [5.41, 5.74) is 0. The monoisotopic (exact) mass is 209 g/mol. The van der Waals surface area contributed by atoms with Crippen molar-refractivity contribution in [2.24, 2.45) is 0 Å². The summed E-state index contributed by atoms with van der Waals surface area (Å²) in [5.74, 6) is -0.972. The highest BCUT2D eigenvalue weighted by Crippen LogP contribution is 1.99. The van der Waals surface area contributed by atoms with Gasteiger partial charge in [-0.05, 0) is 13.5 Å². The van der Waals surface area contributed by atoms with Crippen molar-refractivity contribution in [3.8, 4) is 0 Å². The van der Waals surface area contributed by atoms with Gasteiger partial charge in [-0.25, -0.2) is 0 Å². The Morgan fingerprint density at radius 2 is 2.31 bits per heavy atom. The van der Waals surface area contributed by atoms with E-state index >= 15 is 0 Å². The Labute approximate surface area is 83.4 Å². The van der Waals surface area contributed by atoms with Gasteiger partial charge in [0.15, 0.2) is 0 Å². The van der Waals surface area contributed by atoms with Gasteiger partial charge in [0.05, 0.1) is 0 Å². The molecule has 5 heteroatoms. The molecule has 1 unspecified atom stereocenters. The molecule has 0 saturated carbocycles. The molecular weight excluding hydrogens is 194 g/mol. The van der Waals surface area contributed by atoms with Crippen LogP contribution in [0.5, 0.6) is 0 Å². The minimum absolute atomic E-state index is 0.362. The summed E-state index contributed by atoms with van der Waals surface area (Å²) in [5, 5.41) is 7.69.